The van der Waals surface area contributed by atoms with Crippen molar-refractivity contribution in [3.63, 3.8) is 0 Å². The average Bonchev–Trinajstić information content (AvgIpc) is 3.33. The summed E-state index contributed by atoms with van der Waals surface area (Å²) < 4.78 is 29.6. The number of hydrogen-bond donors (Lipinski definition) is 0. The Bertz CT molecular complexity index is 1020. The third-order valence-corrected chi connectivity index (χ3v) is 10.00. The fourth-order valence-electron chi connectivity index (χ4n) is 3.58. The third-order valence-electron chi connectivity index (χ3n) is 5.42. The zero-order valence-electron chi connectivity index (χ0n) is 16.9. The monoisotopic (exact) mass is 489 g/mol. The first-order valence-corrected chi connectivity index (χ1v) is 13.1. The molecule has 0 aliphatic carbocycles. The number of likely N-dealkylation sites (N-methyl/N-ethyl adjacent to an activating group) is 1. The van der Waals surface area contributed by atoms with Gasteiger partial charge < -0.3 is 9.80 Å². The molecule has 2 fully saturated rings. The Morgan fingerprint density at radius 2 is 1.60 bits per heavy atom. The standard InChI is InChI=1S/C18H24ClN5O3S3/c1-13-16(29-17(20-13)14-3-4-15(19)28-14)18(25)22-7-11-24(12-8-22)30(26,27)23-9-5-21(2)6-10-23/h3-4H,5-12H2,1-2H3. The second-order valence-electron chi connectivity index (χ2n) is 7.44. The van der Waals surface area contributed by atoms with Crippen molar-refractivity contribution in [3.05, 3.63) is 27.0 Å². The van der Waals surface area contributed by atoms with E-state index in [9.17, 15) is 13.2 Å². The topological polar surface area (TPSA) is 77.1 Å². The van der Waals surface area contributed by atoms with Crippen LogP contribution < -0.4 is 0 Å². The molecule has 4 rings (SSSR count). The molecule has 0 saturated carbocycles. The lowest BCUT2D eigenvalue weighted by Gasteiger charge is -2.39. The molecule has 8 nitrogen and oxygen atoms in total. The summed E-state index contributed by atoms with van der Waals surface area (Å²) in [5.74, 6) is -0.0875. The highest BCUT2D eigenvalue weighted by molar-refractivity contribution is 7.86. The van der Waals surface area contributed by atoms with Crippen LogP contribution in [0.4, 0.5) is 0 Å². The molecule has 0 atom stereocenters. The SMILES string of the molecule is Cc1nc(-c2ccc(Cl)s2)sc1C(=O)N1CCN(S(=O)(=O)N2CCN(C)CC2)CC1. The third kappa shape index (κ3) is 4.43. The summed E-state index contributed by atoms with van der Waals surface area (Å²) in [7, 11) is -1.48. The van der Waals surface area contributed by atoms with Gasteiger partial charge in [0, 0.05) is 52.4 Å². The number of carbonyl (C=O) groups excluding carboxylic acids is 1. The van der Waals surface area contributed by atoms with E-state index in [-0.39, 0.29) is 5.91 Å². The summed E-state index contributed by atoms with van der Waals surface area (Å²) in [6, 6.07) is 3.72. The molecule has 0 aromatic carbocycles. The van der Waals surface area contributed by atoms with Crippen LogP contribution in [0.2, 0.25) is 4.34 Å². The lowest BCUT2D eigenvalue weighted by atomic mass is 10.3. The number of aryl methyl sites for hydroxylation is 1. The highest BCUT2D eigenvalue weighted by atomic mass is 35.5. The second-order valence-corrected chi connectivity index (χ2v) is 12.1. The number of hydrogen-bond acceptors (Lipinski definition) is 7. The molecule has 2 aromatic rings. The van der Waals surface area contributed by atoms with Gasteiger partial charge in [0.25, 0.3) is 16.1 Å². The van der Waals surface area contributed by atoms with Crippen molar-refractivity contribution in [2.24, 2.45) is 0 Å². The number of piperazine rings is 2. The lowest BCUT2D eigenvalue weighted by molar-refractivity contribution is 0.0696. The normalized spacial score (nSPS) is 20.0. The molecule has 4 heterocycles. The molecule has 0 bridgehead atoms. The largest absolute Gasteiger partial charge is 0.335 e. The summed E-state index contributed by atoms with van der Waals surface area (Å²) in [4.78, 5) is 23.0. The Kier molecular flexibility index (Phi) is 6.50. The van der Waals surface area contributed by atoms with Crippen LogP contribution in [-0.2, 0) is 10.2 Å². The van der Waals surface area contributed by atoms with E-state index in [0.717, 1.165) is 23.0 Å². The molecule has 2 aliphatic heterocycles. The first-order valence-electron chi connectivity index (χ1n) is 9.72. The molecule has 30 heavy (non-hydrogen) atoms. The van der Waals surface area contributed by atoms with Crippen molar-refractivity contribution in [3.8, 4) is 9.88 Å². The van der Waals surface area contributed by atoms with Gasteiger partial charge in [0.15, 0.2) is 0 Å². The van der Waals surface area contributed by atoms with E-state index in [2.05, 4.69) is 9.88 Å². The van der Waals surface area contributed by atoms with Crippen LogP contribution in [0.25, 0.3) is 9.88 Å². The minimum Gasteiger partial charge on any atom is -0.335 e. The van der Waals surface area contributed by atoms with E-state index in [1.54, 1.807) is 9.21 Å². The van der Waals surface area contributed by atoms with Crippen LogP contribution in [-0.4, -0.2) is 97.1 Å². The maximum Gasteiger partial charge on any atom is 0.282 e. The Hall–Kier alpha value is -1.08. The van der Waals surface area contributed by atoms with Gasteiger partial charge in [-0.3, -0.25) is 4.79 Å². The van der Waals surface area contributed by atoms with Crippen LogP contribution >= 0.6 is 34.3 Å². The highest BCUT2D eigenvalue weighted by Crippen LogP contribution is 2.35. The number of aromatic nitrogens is 1. The molecule has 0 unspecified atom stereocenters. The molecule has 0 spiro atoms. The first-order chi connectivity index (χ1) is 14.3. The molecule has 2 aromatic heterocycles. The molecular weight excluding hydrogens is 466 g/mol. The number of nitrogens with zero attached hydrogens (tertiary/aromatic N) is 5. The molecule has 1 amide bonds. The number of thiazole rings is 1. The second kappa shape index (κ2) is 8.81. The van der Waals surface area contributed by atoms with Crippen molar-refractivity contribution in [1.29, 1.82) is 0 Å². The Morgan fingerprint density at radius 1 is 1.00 bits per heavy atom. The summed E-state index contributed by atoms with van der Waals surface area (Å²) in [6.45, 7) is 5.70. The van der Waals surface area contributed by atoms with Gasteiger partial charge in [0.2, 0.25) is 0 Å². The van der Waals surface area contributed by atoms with E-state index in [1.807, 2.05) is 26.1 Å². The van der Waals surface area contributed by atoms with Crippen molar-refractivity contribution >= 4 is 50.4 Å². The first kappa shape index (κ1) is 22.1. The van der Waals surface area contributed by atoms with Crippen LogP contribution in [0.15, 0.2) is 12.1 Å². The predicted molar refractivity (Wildman–Crippen MR) is 121 cm³/mol. The molecule has 2 aliphatic rings. The summed E-state index contributed by atoms with van der Waals surface area (Å²) in [5.41, 5.74) is 0.692. The average molecular weight is 490 g/mol. The van der Waals surface area contributed by atoms with Gasteiger partial charge in [0.1, 0.15) is 9.88 Å². The van der Waals surface area contributed by atoms with Gasteiger partial charge >= 0.3 is 0 Å². The van der Waals surface area contributed by atoms with E-state index < -0.39 is 10.2 Å². The van der Waals surface area contributed by atoms with Crippen LogP contribution in [0.1, 0.15) is 15.4 Å². The minimum absolute atomic E-state index is 0.0875. The number of carbonyl (C=O) groups is 1. The van der Waals surface area contributed by atoms with Crippen molar-refractivity contribution in [2.45, 2.75) is 6.92 Å². The van der Waals surface area contributed by atoms with Crippen LogP contribution in [0.3, 0.4) is 0 Å². The molecule has 164 valence electrons. The zero-order valence-corrected chi connectivity index (χ0v) is 20.1. The molecular formula is C18H24ClN5O3S3. The number of amides is 1. The highest BCUT2D eigenvalue weighted by Gasteiger charge is 2.35. The Balaban J connectivity index is 1.41. The van der Waals surface area contributed by atoms with Crippen molar-refractivity contribution in [1.82, 2.24) is 23.4 Å². The van der Waals surface area contributed by atoms with Crippen molar-refractivity contribution in [2.75, 3.05) is 59.4 Å². The van der Waals surface area contributed by atoms with Gasteiger partial charge in [-0.15, -0.1) is 22.7 Å². The smallest absolute Gasteiger partial charge is 0.282 e. The van der Waals surface area contributed by atoms with E-state index in [1.165, 1.54) is 27.0 Å². The quantitative estimate of drug-likeness (QED) is 0.657. The van der Waals surface area contributed by atoms with Crippen molar-refractivity contribution < 1.29 is 13.2 Å². The molecule has 0 N–H and O–H groups in total. The van der Waals surface area contributed by atoms with E-state index >= 15 is 0 Å². The number of thiophene rings is 1. The predicted octanol–water partition coefficient (Wildman–Crippen LogP) is 2.08. The molecule has 0 radical (unpaired) electrons. The number of rotatable bonds is 4. The Morgan fingerprint density at radius 3 is 2.17 bits per heavy atom. The fourth-order valence-corrected chi connectivity index (χ4v) is 7.29. The van der Waals surface area contributed by atoms with Crippen LogP contribution in [0, 0.1) is 6.92 Å². The maximum atomic E-state index is 13.1. The summed E-state index contributed by atoms with van der Waals surface area (Å²) >= 11 is 8.81. The lowest BCUT2D eigenvalue weighted by Crippen LogP contribution is -2.57. The van der Waals surface area contributed by atoms with Gasteiger partial charge in [-0.05, 0) is 26.1 Å². The zero-order chi connectivity index (χ0) is 21.5. The van der Waals surface area contributed by atoms with Crippen LogP contribution in [0.5, 0.6) is 0 Å². The van der Waals surface area contributed by atoms with Gasteiger partial charge in [-0.1, -0.05) is 11.6 Å². The van der Waals surface area contributed by atoms with Gasteiger partial charge in [-0.25, -0.2) is 4.98 Å². The van der Waals surface area contributed by atoms with E-state index in [4.69, 9.17) is 11.6 Å². The van der Waals surface area contributed by atoms with Gasteiger partial charge in [-0.2, -0.15) is 17.0 Å². The summed E-state index contributed by atoms with van der Waals surface area (Å²) in [5, 5.41) is 0.782. The fraction of sp³-hybridized carbons (Fsp3) is 0.556. The van der Waals surface area contributed by atoms with Gasteiger partial charge in [0.05, 0.1) is 14.9 Å². The van der Waals surface area contributed by atoms with E-state index in [0.29, 0.717) is 54.2 Å². The minimum atomic E-state index is -3.48. The molecule has 12 heteroatoms. The maximum absolute atomic E-state index is 13.1. The Labute approximate surface area is 189 Å². The summed E-state index contributed by atoms with van der Waals surface area (Å²) in [6.07, 6.45) is 0. The number of halogens is 1. The molecule has 2 saturated heterocycles.